The second-order valence-electron chi connectivity index (χ2n) is 3.58. The molecule has 0 aliphatic rings. The Morgan fingerprint density at radius 3 is 2.53 bits per heavy atom. The summed E-state index contributed by atoms with van der Waals surface area (Å²) in [5.41, 5.74) is 0.603. The summed E-state index contributed by atoms with van der Waals surface area (Å²) >= 11 is 1.38. The highest BCUT2D eigenvalue weighted by molar-refractivity contribution is 8.13. The van der Waals surface area contributed by atoms with Crippen LogP contribution in [0.25, 0.3) is 0 Å². The van der Waals surface area contributed by atoms with Gasteiger partial charge in [-0.05, 0) is 12.2 Å². The summed E-state index contributed by atoms with van der Waals surface area (Å²) in [4.78, 5) is 0. The van der Waals surface area contributed by atoms with Crippen molar-refractivity contribution in [2.45, 2.75) is 19.9 Å². The molecule has 0 radical (unpaired) electrons. The number of hydrogen-bond acceptors (Lipinski definition) is 4. The predicted molar refractivity (Wildman–Crippen MR) is 68.9 cm³/mol. The molecule has 0 spiro atoms. The van der Waals surface area contributed by atoms with Crippen LogP contribution in [0, 0.1) is 16.7 Å². The third-order valence-corrected chi connectivity index (χ3v) is 2.59. The van der Waals surface area contributed by atoms with Gasteiger partial charge >= 0.3 is 0 Å². The lowest BCUT2D eigenvalue weighted by atomic mass is 10.0. The maximum absolute atomic E-state index is 7.46. The molecule has 0 saturated carbocycles. The van der Waals surface area contributed by atoms with Crippen LogP contribution in [0.3, 0.4) is 0 Å². The number of allylic oxidation sites excluding steroid dienone is 1. The van der Waals surface area contributed by atoms with Gasteiger partial charge in [0, 0.05) is 24.5 Å². The summed E-state index contributed by atoms with van der Waals surface area (Å²) in [5, 5.41) is 21.1. The van der Waals surface area contributed by atoms with E-state index in [0.29, 0.717) is 23.3 Å². The molecule has 5 heteroatoms. The minimum atomic E-state index is 0.187. The summed E-state index contributed by atoms with van der Waals surface area (Å²) in [5.74, 6) is 0.420. The Hall–Kier alpha value is -0.970. The van der Waals surface area contributed by atoms with Crippen LogP contribution in [0.2, 0.25) is 0 Å². The largest absolute Gasteiger partial charge is 0.380 e. The van der Waals surface area contributed by atoms with E-state index in [2.05, 4.69) is 31.1 Å². The Bertz CT molecular complexity index is 238. The predicted octanol–water partition coefficient (Wildman–Crippen LogP) is 1.65. The van der Waals surface area contributed by atoms with Gasteiger partial charge in [0.05, 0.1) is 0 Å². The number of rotatable bonds is 6. The monoisotopic (exact) mass is 228 g/mol. The molecule has 0 aliphatic heterocycles. The van der Waals surface area contributed by atoms with Crippen molar-refractivity contribution in [1.29, 1.82) is 10.8 Å². The van der Waals surface area contributed by atoms with Crippen molar-refractivity contribution in [3.05, 3.63) is 12.3 Å². The van der Waals surface area contributed by atoms with Crippen molar-refractivity contribution >= 4 is 23.1 Å². The van der Waals surface area contributed by atoms with E-state index in [1.807, 2.05) is 6.26 Å². The van der Waals surface area contributed by atoms with Gasteiger partial charge in [0.25, 0.3) is 0 Å². The standard InChI is InChI=1S/C10H20N4S/c1-7(2)9(14-8(3)5-11)6-13-10(12)15-4/h5,7,9,11,14H,3,6H2,1-2,4H3,(H2,12,13)/t9-/m0/s1. The molecule has 0 unspecified atom stereocenters. The molecule has 1 atom stereocenters. The fraction of sp³-hybridized carbons (Fsp3) is 0.600. The van der Waals surface area contributed by atoms with Crippen molar-refractivity contribution in [2.24, 2.45) is 5.92 Å². The lowest BCUT2D eigenvalue weighted by molar-refractivity contribution is 0.432. The summed E-state index contributed by atoms with van der Waals surface area (Å²) < 4.78 is 0. The lowest BCUT2D eigenvalue weighted by Crippen LogP contribution is -2.43. The topological polar surface area (TPSA) is 71.8 Å². The van der Waals surface area contributed by atoms with E-state index in [-0.39, 0.29) is 6.04 Å². The maximum Gasteiger partial charge on any atom is 0.153 e. The summed E-state index contributed by atoms with van der Waals surface area (Å²) in [6, 6.07) is 0.187. The van der Waals surface area contributed by atoms with Gasteiger partial charge in [-0.3, -0.25) is 5.41 Å². The number of amidine groups is 1. The second-order valence-corrected chi connectivity index (χ2v) is 4.40. The Labute approximate surface area is 95.9 Å². The van der Waals surface area contributed by atoms with E-state index in [4.69, 9.17) is 10.8 Å². The molecule has 0 aromatic carbocycles. The molecule has 0 saturated heterocycles. The summed E-state index contributed by atoms with van der Waals surface area (Å²) in [6.45, 7) is 8.57. The zero-order chi connectivity index (χ0) is 11.8. The molecule has 0 rings (SSSR count). The van der Waals surface area contributed by atoms with Gasteiger partial charge in [0.2, 0.25) is 0 Å². The summed E-state index contributed by atoms with van der Waals surface area (Å²) in [7, 11) is 0. The highest BCUT2D eigenvalue weighted by Crippen LogP contribution is 2.02. The Morgan fingerprint density at radius 2 is 2.13 bits per heavy atom. The number of nitrogens with one attached hydrogen (secondary N) is 4. The van der Waals surface area contributed by atoms with Crippen LogP contribution in [0.15, 0.2) is 12.3 Å². The van der Waals surface area contributed by atoms with E-state index >= 15 is 0 Å². The molecule has 86 valence electrons. The van der Waals surface area contributed by atoms with Crippen LogP contribution >= 0.6 is 11.8 Å². The number of thioether (sulfide) groups is 1. The molecule has 0 aromatic heterocycles. The quantitative estimate of drug-likeness (QED) is 0.412. The zero-order valence-electron chi connectivity index (χ0n) is 9.55. The lowest BCUT2D eigenvalue weighted by Gasteiger charge is -2.24. The third-order valence-electron chi connectivity index (χ3n) is 2.04. The van der Waals surface area contributed by atoms with Gasteiger partial charge in [-0.1, -0.05) is 32.2 Å². The maximum atomic E-state index is 7.46. The highest BCUT2D eigenvalue weighted by Gasteiger charge is 2.13. The minimum absolute atomic E-state index is 0.187. The molecule has 4 nitrogen and oxygen atoms in total. The molecule has 0 aromatic rings. The average Bonchev–Trinajstić information content (AvgIpc) is 2.22. The molecule has 0 heterocycles. The fourth-order valence-corrected chi connectivity index (χ4v) is 1.24. The van der Waals surface area contributed by atoms with Crippen molar-refractivity contribution in [1.82, 2.24) is 10.6 Å². The van der Waals surface area contributed by atoms with E-state index < -0.39 is 0 Å². The average molecular weight is 228 g/mol. The smallest absolute Gasteiger partial charge is 0.153 e. The number of hydrogen-bond donors (Lipinski definition) is 4. The van der Waals surface area contributed by atoms with Gasteiger partial charge in [0.15, 0.2) is 5.17 Å². The van der Waals surface area contributed by atoms with E-state index in [9.17, 15) is 0 Å². The Kier molecular flexibility index (Phi) is 6.86. The molecule has 0 amide bonds. The Morgan fingerprint density at radius 1 is 1.53 bits per heavy atom. The van der Waals surface area contributed by atoms with Gasteiger partial charge in [-0.2, -0.15) is 0 Å². The molecule has 4 N–H and O–H groups in total. The zero-order valence-corrected chi connectivity index (χ0v) is 10.4. The van der Waals surface area contributed by atoms with Crippen LogP contribution in [0.5, 0.6) is 0 Å². The molecular formula is C10H20N4S. The first-order chi connectivity index (χ1) is 7.01. The van der Waals surface area contributed by atoms with Gasteiger partial charge in [-0.15, -0.1) is 0 Å². The molecule has 0 bridgehead atoms. The Balaban J connectivity index is 4.10. The van der Waals surface area contributed by atoms with E-state index in [1.54, 1.807) is 0 Å². The van der Waals surface area contributed by atoms with Crippen LogP contribution in [-0.4, -0.2) is 30.2 Å². The molecule has 0 aliphatic carbocycles. The van der Waals surface area contributed by atoms with Crippen LogP contribution in [-0.2, 0) is 0 Å². The van der Waals surface area contributed by atoms with Gasteiger partial charge in [-0.25, -0.2) is 0 Å². The minimum Gasteiger partial charge on any atom is -0.380 e. The van der Waals surface area contributed by atoms with Crippen molar-refractivity contribution in [3.8, 4) is 0 Å². The first-order valence-corrected chi connectivity index (χ1v) is 6.06. The highest BCUT2D eigenvalue weighted by atomic mass is 32.2. The van der Waals surface area contributed by atoms with E-state index in [1.165, 1.54) is 18.0 Å². The van der Waals surface area contributed by atoms with Crippen molar-refractivity contribution in [3.63, 3.8) is 0 Å². The van der Waals surface area contributed by atoms with Crippen LogP contribution < -0.4 is 10.6 Å². The molecule has 15 heavy (non-hydrogen) atoms. The van der Waals surface area contributed by atoms with Gasteiger partial charge < -0.3 is 16.0 Å². The molecular weight excluding hydrogens is 208 g/mol. The van der Waals surface area contributed by atoms with Crippen LogP contribution in [0.1, 0.15) is 13.8 Å². The van der Waals surface area contributed by atoms with E-state index in [0.717, 1.165) is 0 Å². The molecule has 0 fully saturated rings. The summed E-state index contributed by atoms with van der Waals surface area (Å²) in [6.07, 6.45) is 3.07. The van der Waals surface area contributed by atoms with Gasteiger partial charge in [0.1, 0.15) is 0 Å². The van der Waals surface area contributed by atoms with Crippen LogP contribution in [0.4, 0.5) is 0 Å². The normalized spacial score (nSPS) is 12.0. The third kappa shape index (κ3) is 6.17. The first kappa shape index (κ1) is 14.0. The SMILES string of the molecule is C=C(C=N)N[C@@H](CNC(=N)SC)C(C)C. The second kappa shape index (κ2) is 7.34. The first-order valence-electron chi connectivity index (χ1n) is 4.83. The van der Waals surface area contributed by atoms with Crippen molar-refractivity contribution < 1.29 is 0 Å². The van der Waals surface area contributed by atoms with Crippen molar-refractivity contribution in [2.75, 3.05) is 12.8 Å². The fourth-order valence-electron chi connectivity index (χ4n) is 1.01.